The summed E-state index contributed by atoms with van der Waals surface area (Å²) in [5, 5.41) is 10.8. The average molecular weight is 325 g/mol. The monoisotopic (exact) mass is 324 g/mol. The Labute approximate surface area is 136 Å². The first-order chi connectivity index (χ1) is 11.2. The summed E-state index contributed by atoms with van der Waals surface area (Å²) in [7, 11) is 0. The van der Waals surface area contributed by atoms with Crippen LogP contribution in [0.3, 0.4) is 0 Å². The van der Waals surface area contributed by atoms with E-state index in [0.717, 1.165) is 38.6 Å². The molecule has 114 valence electrons. The molecule has 0 radical (unpaired) electrons. The molecule has 3 N–H and O–H groups in total. The maximum atomic E-state index is 12.1. The second kappa shape index (κ2) is 5.26. The molecule has 2 aromatic carbocycles. The lowest BCUT2D eigenvalue weighted by Gasteiger charge is -2.05. The number of fused-ring (bicyclic) bond motifs is 3. The zero-order valence-electron chi connectivity index (χ0n) is 12.1. The molecule has 2 aromatic heterocycles. The molecule has 4 aromatic rings. The molecule has 0 aliphatic rings. The molecule has 2 heterocycles. The molecule has 4 rings (SSSR count). The highest BCUT2D eigenvalue weighted by molar-refractivity contribution is 6.31. The lowest BCUT2D eigenvalue weighted by Crippen LogP contribution is -2.04. The highest BCUT2D eigenvalue weighted by Crippen LogP contribution is 2.32. The van der Waals surface area contributed by atoms with Gasteiger partial charge in [-0.25, -0.2) is 0 Å². The second-order valence-electron chi connectivity index (χ2n) is 5.47. The number of hydrogen-bond donors (Lipinski definition) is 3. The maximum Gasteiger partial charge on any atom is 0.249 e. The number of benzene rings is 2. The fourth-order valence-corrected chi connectivity index (χ4v) is 3.10. The summed E-state index contributed by atoms with van der Waals surface area (Å²) < 4.78 is 0. The van der Waals surface area contributed by atoms with E-state index in [2.05, 4.69) is 9.97 Å². The Balaban J connectivity index is 2.10. The van der Waals surface area contributed by atoms with Crippen LogP contribution in [0.25, 0.3) is 33.1 Å². The van der Waals surface area contributed by atoms with Gasteiger partial charge in [-0.3, -0.25) is 4.79 Å². The summed E-state index contributed by atoms with van der Waals surface area (Å²) >= 11 is 6.08. The smallest absolute Gasteiger partial charge is 0.249 e. The molecule has 23 heavy (non-hydrogen) atoms. The Bertz CT molecular complexity index is 1100. The Kier molecular flexibility index (Phi) is 3.22. The molecule has 0 fully saturated rings. The van der Waals surface area contributed by atoms with E-state index in [4.69, 9.17) is 11.6 Å². The van der Waals surface area contributed by atoms with Crippen molar-refractivity contribution in [1.82, 2.24) is 9.97 Å². The van der Waals surface area contributed by atoms with E-state index < -0.39 is 0 Å². The number of aromatic nitrogens is 2. The van der Waals surface area contributed by atoms with Gasteiger partial charge >= 0.3 is 0 Å². The first-order valence-electron chi connectivity index (χ1n) is 7.20. The van der Waals surface area contributed by atoms with Gasteiger partial charge in [0, 0.05) is 27.6 Å². The number of aliphatic hydroxyl groups is 1. The SMILES string of the molecule is O=c1cc(-c2cccc(CO)c2)c2[nH]c3ccc(Cl)cc3c2[nH]1. The first-order valence-corrected chi connectivity index (χ1v) is 7.58. The van der Waals surface area contributed by atoms with Crippen molar-refractivity contribution in [2.45, 2.75) is 6.61 Å². The third-order valence-corrected chi connectivity index (χ3v) is 4.21. The number of aromatic amines is 2. The largest absolute Gasteiger partial charge is 0.392 e. The van der Waals surface area contributed by atoms with Crippen molar-refractivity contribution in [3.8, 4) is 11.1 Å². The van der Waals surface area contributed by atoms with Crippen LogP contribution in [0.15, 0.2) is 53.3 Å². The molecule has 0 spiro atoms. The highest BCUT2D eigenvalue weighted by atomic mass is 35.5. The molecular formula is C18H13ClN2O2. The molecule has 0 unspecified atom stereocenters. The summed E-state index contributed by atoms with van der Waals surface area (Å²) in [6, 6.07) is 14.6. The van der Waals surface area contributed by atoms with Crippen LogP contribution in [0.5, 0.6) is 0 Å². The van der Waals surface area contributed by atoms with Gasteiger partial charge < -0.3 is 15.1 Å². The molecule has 0 saturated heterocycles. The van der Waals surface area contributed by atoms with E-state index in [9.17, 15) is 9.90 Å². The molecule has 4 nitrogen and oxygen atoms in total. The lowest BCUT2D eigenvalue weighted by atomic mass is 10.0. The highest BCUT2D eigenvalue weighted by Gasteiger charge is 2.12. The van der Waals surface area contributed by atoms with Crippen LogP contribution in [-0.4, -0.2) is 15.1 Å². The van der Waals surface area contributed by atoms with Gasteiger partial charge in [-0.1, -0.05) is 29.8 Å². The molecule has 0 saturated carbocycles. The quantitative estimate of drug-likeness (QED) is 0.524. The first kappa shape index (κ1) is 14.1. The topological polar surface area (TPSA) is 68.9 Å². The van der Waals surface area contributed by atoms with Crippen molar-refractivity contribution in [2.24, 2.45) is 0 Å². The Morgan fingerprint density at radius 1 is 1.00 bits per heavy atom. The van der Waals surface area contributed by atoms with Gasteiger partial charge in [0.05, 0.1) is 17.6 Å². The molecule has 0 amide bonds. The van der Waals surface area contributed by atoms with Crippen molar-refractivity contribution in [3.63, 3.8) is 0 Å². The zero-order valence-corrected chi connectivity index (χ0v) is 12.8. The number of H-pyrrole nitrogens is 2. The van der Waals surface area contributed by atoms with E-state index in [-0.39, 0.29) is 12.2 Å². The van der Waals surface area contributed by atoms with Gasteiger partial charge in [-0.2, -0.15) is 0 Å². The van der Waals surface area contributed by atoms with Gasteiger partial charge in [0.1, 0.15) is 0 Å². The summed E-state index contributed by atoms with van der Waals surface area (Å²) in [5.74, 6) is 0. The zero-order chi connectivity index (χ0) is 16.0. The van der Waals surface area contributed by atoms with Gasteiger partial charge in [-0.15, -0.1) is 0 Å². The van der Waals surface area contributed by atoms with Crippen LogP contribution < -0.4 is 5.56 Å². The van der Waals surface area contributed by atoms with Crippen LogP contribution in [0.4, 0.5) is 0 Å². The Hall–Kier alpha value is -2.56. The van der Waals surface area contributed by atoms with E-state index in [0.29, 0.717) is 5.02 Å². The van der Waals surface area contributed by atoms with E-state index in [1.807, 2.05) is 42.5 Å². The van der Waals surface area contributed by atoms with Crippen LogP contribution in [0.2, 0.25) is 5.02 Å². The minimum atomic E-state index is -0.178. The van der Waals surface area contributed by atoms with Crippen molar-refractivity contribution >= 4 is 33.5 Å². The summed E-state index contributed by atoms with van der Waals surface area (Å²) in [5.41, 5.74) is 4.79. The number of rotatable bonds is 2. The van der Waals surface area contributed by atoms with Gasteiger partial charge in [-0.05, 0) is 35.4 Å². The number of nitrogens with one attached hydrogen (secondary N) is 2. The summed E-state index contributed by atoms with van der Waals surface area (Å²) in [6.07, 6.45) is 0. The number of pyridine rings is 1. The van der Waals surface area contributed by atoms with Crippen molar-refractivity contribution in [3.05, 3.63) is 69.5 Å². The molecule has 0 aliphatic carbocycles. The Morgan fingerprint density at radius 3 is 2.70 bits per heavy atom. The van der Waals surface area contributed by atoms with Crippen LogP contribution >= 0.6 is 11.6 Å². The maximum absolute atomic E-state index is 12.1. The summed E-state index contributed by atoms with van der Waals surface area (Å²) in [4.78, 5) is 18.3. The normalized spacial score (nSPS) is 11.4. The Morgan fingerprint density at radius 2 is 1.87 bits per heavy atom. The molecular weight excluding hydrogens is 312 g/mol. The molecule has 5 heteroatoms. The third-order valence-electron chi connectivity index (χ3n) is 3.97. The fraction of sp³-hybridized carbons (Fsp3) is 0.0556. The van der Waals surface area contributed by atoms with Crippen molar-refractivity contribution < 1.29 is 5.11 Å². The predicted molar refractivity (Wildman–Crippen MR) is 92.8 cm³/mol. The molecule has 0 atom stereocenters. The molecule has 0 bridgehead atoms. The standard InChI is InChI=1S/C18H13ClN2O2/c19-12-4-5-15-14(7-12)18-17(20-15)13(8-16(23)21-18)11-3-1-2-10(6-11)9-22/h1-8,20,22H,9H2,(H,21,23). The van der Waals surface area contributed by atoms with E-state index >= 15 is 0 Å². The number of hydrogen-bond acceptors (Lipinski definition) is 2. The minimum Gasteiger partial charge on any atom is -0.392 e. The third kappa shape index (κ3) is 2.32. The van der Waals surface area contributed by atoms with Crippen molar-refractivity contribution in [2.75, 3.05) is 0 Å². The van der Waals surface area contributed by atoms with E-state index in [1.165, 1.54) is 0 Å². The van der Waals surface area contributed by atoms with Gasteiger partial charge in [0.15, 0.2) is 0 Å². The fourth-order valence-electron chi connectivity index (χ4n) is 2.92. The van der Waals surface area contributed by atoms with Crippen LogP contribution in [0.1, 0.15) is 5.56 Å². The van der Waals surface area contributed by atoms with Gasteiger partial charge in [0.2, 0.25) is 5.56 Å². The minimum absolute atomic E-state index is 0.0392. The van der Waals surface area contributed by atoms with E-state index in [1.54, 1.807) is 6.07 Å². The lowest BCUT2D eigenvalue weighted by molar-refractivity contribution is 0.282. The van der Waals surface area contributed by atoms with Crippen molar-refractivity contribution in [1.29, 1.82) is 0 Å². The second-order valence-corrected chi connectivity index (χ2v) is 5.91. The molecule has 0 aliphatic heterocycles. The predicted octanol–water partition coefficient (Wildman–Crippen LogP) is 3.82. The average Bonchev–Trinajstić information content (AvgIpc) is 2.92. The number of halogens is 1. The van der Waals surface area contributed by atoms with Gasteiger partial charge in [0.25, 0.3) is 0 Å². The van der Waals surface area contributed by atoms with Crippen LogP contribution in [0, 0.1) is 0 Å². The van der Waals surface area contributed by atoms with Crippen LogP contribution in [-0.2, 0) is 6.61 Å². The number of aliphatic hydroxyl groups excluding tert-OH is 1. The summed E-state index contributed by atoms with van der Waals surface area (Å²) in [6.45, 7) is -0.0392.